The Kier molecular flexibility index (Phi) is 5.38. The molecule has 0 amide bonds. The van der Waals surface area contributed by atoms with Crippen LogP contribution in [0.2, 0.25) is 0 Å². The van der Waals surface area contributed by atoms with Crippen molar-refractivity contribution in [2.24, 2.45) is 0 Å². The van der Waals surface area contributed by atoms with Crippen molar-refractivity contribution in [1.29, 1.82) is 0 Å². The van der Waals surface area contributed by atoms with E-state index in [0.717, 1.165) is 33.3 Å². The smallest absolute Gasteiger partial charge is 0.135 e. The number of nitrogens with zero attached hydrogens (tertiary/aromatic N) is 2. The molecule has 11 rings (SSSR count). The third kappa shape index (κ3) is 3.84. The number of rotatable bonds is 3. The maximum absolute atomic E-state index is 6.23. The standard InChI is InChI=1S/C46H28N2O/c1-3-11-32(12-4-1)47-22-21-30-23-31-25-36(29-19-20-46-41(24-29)35-16-8-10-18-45(35)49-46)38-26-40-34-15-7-9-17-42(34)48(33-13-5-2-6-14-33)44(40)28-39(38)37(31)27-43(30)47/h1-28H. The number of furan rings is 1. The van der Waals surface area contributed by atoms with Gasteiger partial charge in [0.2, 0.25) is 0 Å². The molecule has 0 aliphatic heterocycles. The van der Waals surface area contributed by atoms with E-state index < -0.39 is 0 Å². The summed E-state index contributed by atoms with van der Waals surface area (Å²) in [5, 5.41) is 10.9. The van der Waals surface area contributed by atoms with Gasteiger partial charge in [-0.2, -0.15) is 0 Å². The molecule has 3 heterocycles. The van der Waals surface area contributed by atoms with Crippen LogP contribution < -0.4 is 0 Å². The molecule has 0 fully saturated rings. The van der Waals surface area contributed by atoms with Crippen LogP contribution in [0.1, 0.15) is 0 Å². The number of hydrogen-bond donors (Lipinski definition) is 0. The molecule has 3 nitrogen and oxygen atoms in total. The predicted molar refractivity (Wildman–Crippen MR) is 205 cm³/mol. The van der Waals surface area contributed by atoms with Crippen LogP contribution in [0.3, 0.4) is 0 Å². The third-order valence-corrected chi connectivity index (χ3v) is 10.3. The molecule has 3 heteroatoms. The largest absolute Gasteiger partial charge is 0.456 e. The molecule has 11 aromatic rings. The highest BCUT2D eigenvalue weighted by Gasteiger charge is 2.18. The van der Waals surface area contributed by atoms with Crippen LogP contribution in [0, 0.1) is 0 Å². The molecule has 0 spiro atoms. The Labute approximate surface area is 281 Å². The molecule has 8 aromatic carbocycles. The molecule has 0 saturated heterocycles. The SMILES string of the molecule is c1ccc(-n2ccc3cc4cc(-c5ccc6oc7ccccc7c6c5)c5cc6c7ccccc7n(-c7ccccc7)c6cc5c4cc32)cc1. The quantitative estimate of drug-likeness (QED) is 0.179. The molecule has 0 aliphatic carbocycles. The highest BCUT2D eigenvalue weighted by atomic mass is 16.3. The van der Waals surface area contributed by atoms with E-state index in [1.807, 2.05) is 12.1 Å². The molecular weight excluding hydrogens is 597 g/mol. The van der Waals surface area contributed by atoms with Gasteiger partial charge in [0.1, 0.15) is 11.2 Å². The lowest BCUT2D eigenvalue weighted by Gasteiger charge is -2.14. The average molecular weight is 625 g/mol. The van der Waals surface area contributed by atoms with Crippen molar-refractivity contribution < 1.29 is 4.42 Å². The lowest BCUT2D eigenvalue weighted by molar-refractivity contribution is 0.669. The monoisotopic (exact) mass is 624 g/mol. The number of benzene rings is 8. The van der Waals surface area contributed by atoms with E-state index in [9.17, 15) is 0 Å². The summed E-state index contributed by atoms with van der Waals surface area (Å²) in [5.74, 6) is 0. The van der Waals surface area contributed by atoms with Gasteiger partial charge >= 0.3 is 0 Å². The maximum atomic E-state index is 6.23. The fourth-order valence-corrected chi connectivity index (χ4v) is 8.05. The van der Waals surface area contributed by atoms with Gasteiger partial charge in [0.25, 0.3) is 0 Å². The minimum absolute atomic E-state index is 0.910. The lowest BCUT2D eigenvalue weighted by Crippen LogP contribution is -1.94. The summed E-state index contributed by atoms with van der Waals surface area (Å²) in [7, 11) is 0. The van der Waals surface area contributed by atoms with Crippen molar-refractivity contribution in [2.45, 2.75) is 0 Å². The van der Waals surface area contributed by atoms with Gasteiger partial charge in [-0.3, -0.25) is 0 Å². The van der Waals surface area contributed by atoms with E-state index in [1.165, 1.54) is 65.4 Å². The summed E-state index contributed by atoms with van der Waals surface area (Å²) in [5.41, 5.74) is 10.1. The van der Waals surface area contributed by atoms with Crippen LogP contribution in [-0.2, 0) is 0 Å². The first kappa shape index (κ1) is 26.5. The van der Waals surface area contributed by atoms with Crippen LogP contribution >= 0.6 is 0 Å². The zero-order valence-corrected chi connectivity index (χ0v) is 26.5. The number of para-hydroxylation sites is 4. The Morgan fingerprint density at radius 1 is 0.367 bits per heavy atom. The zero-order valence-electron chi connectivity index (χ0n) is 26.5. The van der Waals surface area contributed by atoms with E-state index >= 15 is 0 Å². The van der Waals surface area contributed by atoms with Crippen LogP contribution in [0.15, 0.2) is 174 Å². The number of aromatic nitrogens is 2. The summed E-state index contributed by atoms with van der Waals surface area (Å²) in [4.78, 5) is 0. The van der Waals surface area contributed by atoms with Crippen molar-refractivity contribution >= 4 is 76.2 Å². The predicted octanol–water partition coefficient (Wildman–Crippen LogP) is 12.6. The molecule has 228 valence electrons. The molecule has 0 radical (unpaired) electrons. The Bertz CT molecular complexity index is 3090. The Morgan fingerprint density at radius 2 is 1.08 bits per heavy atom. The number of fused-ring (bicyclic) bond motifs is 10. The van der Waals surface area contributed by atoms with Crippen molar-refractivity contribution in [3.05, 3.63) is 170 Å². The second-order valence-corrected chi connectivity index (χ2v) is 13.0. The topological polar surface area (TPSA) is 23.0 Å². The molecule has 3 aromatic heterocycles. The summed E-state index contributed by atoms with van der Waals surface area (Å²) in [6.45, 7) is 0. The molecule has 0 N–H and O–H groups in total. The van der Waals surface area contributed by atoms with Gasteiger partial charge in [0, 0.05) is 44.5 Å². The van der Waals surface area contributed by atoms with Gasteiger partial charge in [0.05, 0.1) is 16.6 Å². The molecule has 0 unspecified atom stereocenters. The zero-order chi connectivity index (χ0) is 32.1. The first-order chi connectivity index (χ1) is 24.3. The Balaban J connectivity index is 1.29. The number of hydrogen-bond acceptors (Lipinski definition) is 1. The van der Waals surface area contributed by atoms with E-state index in [0.29, 0.717) is 0 Å². The van der Waals surface area contributed by atoms with Crippen molar-refractivity contribution in [2.75, 3.05) is 0 Å². The second kappa shape index (κ2) is 9.96. The first-order valence-corrected chi connectivity index (χ1v) is 16.8. The molecule has 0 atom stereocenters. The molecule has 0 saturated carbocycles. The fourth-order valence-electron chi connectivity index (χ4n) is 8.05. The van der Waals surface area contributed by atoms with Crippen LogP contribution in [-0.4, -0.2) is 9.13 Å². The molecule has 0 aliphatic rings. The van der Waals surface area contributed by atoms with E-state index in [2.05, 4.69) is 167 Å². The second-order valence-electron chi connectivity index (χ2n) is 13.0. The highest BCUT2D eigenvalue weighted by Crippen LogP contribution is 2.43. The highest BCUT2D eigenvalue weighted by molar-refractivity contribution is 6.23. The summed E-state index contributed by atoms with van der Waals surface area (Å²) >= 11 is 0. The van der Waals surface area contributed by atoms with Gasteiger partial charge in [0.15, 0.2) is 0 Å². The summed E-state index contributed by atoms with van der Waals surface area (Å²) in [6, 6.07) is 59.3. The first-order valence-electron chi connectivity index (χ1n) is 16.8. The summed E-state index contributed by atoms with van der Waals surface area (Å²) < 4.78 is 10.9. The van der Waals surface area contributed by atoms with Crippen LogP contribution in [0.5, 0.6) is 0 Å². The normalized spacial score (nSPS) is 12.1. The van der Waals surface area contributed by atoms with Gasteiger partial charge in [-0.05, 0) is 118 Å². The van der Waals surface area contributed by atoms with Gasteiger partial charge in [-0.25, -0.2) is 0 Å². The van der Waals surface area contributed by atoms with Gasteiger partial charge < -0.3 is 13.6 Å². The van der Waals surface area contributed by atoms with E-state index in [-0.39, 0.29) is 0 Å². The van der Waals surface area contributed by atoms with Crippen LogP contribution in [0.4, 0.5) is 0 Å². The maximum Gasteiger partial charge on any atom is 0.135 e. The van der Waals surface area contributed by atoms with Crippen molar-refractivity contribution in [3.8, 4) is 22.5 Å². The Hall–Kier alpha value is -6.58. The molecular formula is C46H28N2O. The van der Waals surface area contributed by atoms with Crippen molar-refractivity contribution in [3.63, 3.8) is 0 Å². The average Bonchev–Trinajstić information content (AvgIpc) is 3.85. The molecule has 49 heavy (non-hydrogen) atoms. The van der Waals surface area contributed by atoms with Gasteiger partial charge in [-0.15, -0.1) is 0 Å². The Morgan fingerprint density at radius 3 is 1.94 bits per heavy atom. The minimum atomic E-state index is 0.910. The van der Waals surface area contributed by atoms with E-state index in [4.69, 9.17) is 4.42 Å². The third-order valence-electron chi connectivity index (χ3n) is 10.3. The van der Waals surface area contributed by atoms with Crippen LogP contribution in [0.25, 0.3) is 98.7 Å². The van der Waals surface area contributed by atoms with E-state index in [1.54, 1.807) is 0 Å². The lowest BCUT2D eigenvalue weighted by atomic mass is 9.91. The summed E-state index contributed by atoms with van der Waals surface area (Å²) in [6.07, 6.45) is 2.19. The van der Waals surface area contributed by atoms with Gasteiger partial charge in [-0.1, -0.05) is 78.9 Å². The van der Waals surface area contributed by atoms with Crippen molar-refractivity contribution in [1.82, 2.24) is 9.13 Å². The fraction of sp³-hybridized carbons (Fsp3) is 0. The minimum Gasteiger partial charge on any atom is -0.456 e. The molecule has 0 bridgehead atoms.